The van der Waals surface area contributed by atoms with Crippen LogP contribution in [0.3, 0.4) is 0 Å². The van der Waals surface area contributed by atoms with Crippen molar-refractivity contribution in [3.8, 4) is 0 Å². The number of halogens is 6. The lowest BCUT2D eigenvalue weighted by Gasteiger charge is -2.12. The Morgan fingerprint density at radius 1 is 0.850 bits per heavy atom. The largest absolute Gasteiger partial charge is 0.207 e. The molecule has 0 fully saturated rings. The van der Waals surface area contributed by atoms with E-state index in [1.54, 1.807) is 0 Å². The minimum absolute atomic E-state index is 0.0246. The monoisotopic (exact) mass is 322 g/mol. The summed E-state index contributed by atoms with van der Waals surface area (Å²) in [7, 11) is 0. The highest BCUT2D eigenvalue weighted by Gasteiger charge is 2.17. The zero-order valence-corrected chi connectivity index (χ0v) is 11.5. The van der Waals surface area contributed by atoms with Crippen molar-refractivity contribution in [1.82, 2.24) is 0 Å². The zero-order chi connectivity index (χ0) is 14.9. The van der Waals surface area contributed by atoms with Gasteiger partial charge < -0.3 is 0 Å². The Morgan fingerprint density at radius 3 is 2.20 bits per heavy atom. The lowest BCUT2D eigenvalue weighted by molar-refractivity contribution is 0.506. The second kappa shape index (κ2) is 6.02. The summed E-state index contributed by atoms with van der Waals surface area (Å²) in [4.78, 5) is 0. The molecule has 0 aliphatic rings. The average molecular weight is 323 g/mol. The van der Waals surface area contributed by atoms with Gasteiger partial charge in [-0.05, 0) is 36.2 Å². The van der Waals surface area contributed by atoms with Gasteiger partial charge in [-0.15, -0.1) is 11.6 Å². The smallest absolute Gasteiger partial charge is 0.159 e. The van der Waals surface area contributed by atoms with Crippen molar-refractivity contribution in [3.05, 3.63) is 69.8 Å². The van der Waals surface area contributed by atoms with Crippen LogP contribution in [0.4, 0.5) is 17.6 Å². The second-order valence-corrected chi connectivity index (χ2v) is 5.14. The number of benzene rings is 2. The van der Waals surface area contributed by atoms with Crippen LogP contribution in [-0.2, 0) is 6.42 Å². The summed E-state index contributed by atoms with van der Waals surface area (Å²) in [5.41, 5.74) is 0.289. The van der Waals surface area contributed by atoms with Gasteiger partial charge in [0.1, 0.15) is 11.6 Å². The lowest BCUT2D eigenvalue weighted by Crippen LogP contribution is -2.01. The first-order chi connectivity index (χ1) is 9.38. The summed E-state index contributed by atoms with van der Waals surface area (Å²) in [6, 6.07) is 4.97. The summed E-state index contributed by atoms with van der Waals surface area (Å²) in [5, 5.41) is -1.27. The second-order valence-electron chi connectivity index (χ2n) is 4.21. The van der Waals surface area contributed by atoms with Crippen LogP contribution in [0.15, 0.2) is 30.3 Å². The Bertz CT molecular complexity index is 643. The maximum absolute atomic E-state index is 13.7. The van der Waals surface area contributed by atoms with Gasteiger partial charge in [-0.25, -0.2) is 17.6 Å². The molecule has 20 heavy (non-hydrogen) atoms. The quantitative estimate of drug-likeness (QED) is 0.402. The highest BCUT2D eigenvalue weighted by atomic mass is 35.5. The van der Waals surface area contributed by atoms with Gasteiger partial charge in [0.2, 0.25) is 0 Å². The molecule has 0 heterocycles. The predicted molar refractivity (Wildman–Crippen MR) is 70.0 cm³/mol. The fourth-order valence-corrected chi connectivity index (χ4v) is 2.26. The molecule has 0 saturated heterocycles. The number of hydrogen-bond donors (Lipinski definition) is 0. The average Bonchev–Trinajstić information content (AvgIpc) is 2.38. The van der Waals surface area contributed by atoms with E-state index in [9.17, 15) is 17.6 Å². The third-order valence-electron chi connectivity index (χ3n) is 2.78. The van der Waals surface area contributed by atoms with Crippen LogP contribution in [0, 0.1) is 23.3 Å². The van der Waals surface area contributed by atoms with Gasteiger partial charge in [0.15, 0.2) is 11.6 Å². The van der Waals surface area contributed by atoms with Gasteiger partial charge in [0.25, 0.3) is 0 Å². The molecule has 2 rings (SSSR count). The van der Waals surface area contributed by atoms with Crippen LogP contribution in [0.25, 0.3) is 0 Å². The van der Waals surface area contributed by atoms with Crippen LogP contribution in [0.5, 0.6) is 0 Å². The van der Waals surface area contributed by atoms with Crippen LogP contribution in [0.1, 0.15) is 16.5 Å². The van der Waals surface area contributed by atoms with E-state index in [1.165, 1.54) is 6.07 Å². The van der Waals surface area contributed by atoms with E-state index in [-0.39, 0.29) is 17.0 Å². The molecular weight excluding hydrogens is 315 g/mol. The first-order valence-corrected chi connectivity index (χ1v) is 6.42. The highest BCUT2D eigenvalue weighted by Crippen LogP contribution is 2.30. The Labute approximate surface area is 122 Å². The van der Waals surface area contributed by atoms with E-state index >= 15 is 0 Å². The molecule has 0 aliphatic carbocycles. The Balaban J connectivity index is 2.25. The molecule has 0 spiro atoms. The van der Waals surface area contributed by atoms with Crippen molar-refractivity contribution in [2.75, 3.05) is 0 Å². The molecule has 0 saturated carbocycles. The summed E-state index contributed by atoms with van der Waals surface area (Å²) in [6.45, 7) is 0. The molecule has 1 unspecified atom stereocenters. The third-order valence-corrected chi connectivity index (χ3v) is 3.46. The normalized spacial score (nSPS) is 12.5. The lowest BCUT2D eigenvalue weighted by atomic mass is 10.0. The van der Waals surface area contributed by atoms with Crippen molar-refractivity contribution in [2.45, 2.75) is 11.8 Å². The van der Waals surface area contributed by atoms with Crippen LogP contribution < -0.4 is 0 Å². The molecule has 0 radical (unpaired) electrons. The number of alkyl halides is 1. The highest BCUT2D eigenvalue weighted by molar-refractivity contribution is 6.30. The Morgan fingerprint density at radius 2 is 1.55 bits per heavy atom. The fourth-order valence-electron chi connectivity index (χ4n) is 1.76. The standard InChI is InChI=1S/C14H8Cl2F4/c15-9(3-7-1-2-11(17)14(20)4-7)8-5-13(19)10(16)6-12(8)18/h1-2,4-6,9H,3H2. The van der Waals surface area contributed by atoms with E-state index in [4.69, 9.17) is 23.2 Å². The van der Waals surface area contributed by atoms with Crippen molar-refractivity contribution in [3.63, 3.8) is 0 Å². The third kappa shape index (κ3) is 3.25. The summed E-state index contributed by atoms with van der Waals surface area (Å²) < 4.78 is 52.8. The van der Waals surface area contributed by atoms with Crippen molar-refractivity contribution >= 4 is 23.2 Å². The maximum atomic E-state index is 13.7. The molecule has 0 bridgehead atoms. The molecule has 0 aliphatic heterocycles. The van der Waals surface area contributed by atoms with Crippen molar-refractivity contribution in [2.24, 2.45) is 0 Å². The summed E-state index contributed by atoms with van der Waals surface area (Å²) in [6.07, 6.45) is 0.0246. The van der Waals surface area contributed by atoms with Gasteiger partial charge in [0.05, 0.1) is 10.4 Å². The zero-order valence-electron chi connectivity index (χ0n) is 9.94. The predicted octanol–water partition coefficient (Wildman–Crippen LogP) is 5.42. The summed E-state index contributed by atoms with van der Waals surface area (Å²) in [5.74, 6) is -3.55. The molecule has 0 amide bonds. The molecular formula is C14H8Cl2F4. The van der Waals surface area contributed by atoms with Gasteiger partial charge in [-0.1, -0.05) is 17.7 Å². The van der Waals surface area contributed by atoms with Gasteiger partial charge in [0, 0.05) is 5.56 Å². The Hall–Kier alpha value is -1.26. The van der Waals surface area contributed by atoms with Crippen LogP contribution >= 0.6 is 23.2 Å². The summed E-state index contributed by atoms with van der Waals surface area (Å²) >= 11 is 11.4. The molecule has 0 N–H and O–H groups in total. The molecule has 0 aromatic heterocycles. The van der Waals surface area contributed by atoms with Crippen molar-refractivity contribution < 1.29 is 17.6 Å². The maximum Gasteiger partial charge on any atom is 0.159 e. The fraction of sp³-hybridized carbons (Fsp3) is 0.143. The molecule has 1 atom stereocenters. The van der Waals surface area contributed by atoms with E-state index in [0.717, 1.165) is 24.3 Å². The minimum atomic E-state index is -1.02. The van der Waals surface area contributed by atoms with Gasteiger partial charge in [-0.3, -0.25) is 0 Å². The van der Waals surface area contributed by atoms with E-state index in [1.807, 2.05) is 0 Å². The Kier molecular flexibility index (Phi) is 4.55. The topological polar surface area (TPSA) is 0 Å². The van der Waals surface area contributed by atoms with Crippen molar-refractivity contribution in [1.29, 1.82) is 0 Å². The SMILES string of the molecule is Fc1ccc(CC(Cl)c2cc(F)c(Cl)cc2F)cc1F. The van der Waals surface area contributed by atoms with Gasteiger partial charge in [-0.2, -0.15) is 0 Å². The first-order valence-electron chi connectivity index (χ1n) is 5.61. The van der Waals surface area contributed by atoms with Crippen LogP contribution in [-0.4, -0.2) is 0 Å². The molecule has 6 heteroatoms. The number of hydrogen-bond acceptors (Lipinski definition) is 0. The van der Waals surface area contributed by atoms with Gasteiger partial charge >= 0.3 is 0 Å². The van der Waals surface area contributed by atoms with E-state index < -0.39 is 28.6 Å². The molecule has 2 aromatic carbocycles. The minimum Gasteiger partial charge on any atom is -0.207 e. The first kappa shape index (κ1) is 15.1. The van der Waals surface area contributed by atoms with E-state index in [0.29, 0.717) is 5.56 Å². The molecule has 106 valence electrons. The molecule has 0 nitrogen and oxygen atoms in total. The van der Waals surface area contributed by atoms with E-state index in [2.05, 4.69) is 0 Å². The number of rotatable bonds is 3. The molecule has 2 aromatic rings. The van der Waals surface area contributed by atoms with Crippen LogP contribution in [0.2, 0.25) is 5.02 Å².